The highest BCUT2D eigenvalue weighted by molar-refractivity contribution is 5.85. The van der Waals surface area contributed by atoms with Crippen molar-refractivity contribution in [3.05, 3.63) is 65.7 Å². The van der Waals surface area contributed by atoms with Crippen LogP contribution in [0.4, 0.5) is 13.2 Å². The van der Waals surface area contributed by atoms with Crippen LogP contribution in [-0.4, -0.2) is 18.7 Å². The van der Waals surface area contributed by atoms with Crippen molar-refractivity contribution >= 4 is 18.2 Å². The molecule has 0 amide bonds. The van der Waals surface area contributed by atoms with E-state index in [9.17, 15) is 13.2 Å². The number of aliphatic imine (C=N–C) groups is 1. The van der Waals surface area contributed by atoms with E-state index in [1.165, 1.54) is 12.1 Å². The van der Waals surface area contributed by atoms with E-state index in [0.717, 1.165) is 49.2 Å². The number of hydrogen-bond donors (Lipinski definition) is 1. The minimum absolute atomic E-state index is 0. The van der Waals surface area contributed by atoms with Crippen molar-refractivity contribution in [1.29, 1.82) is 0 Å². The summed E-state index contributed by atoms with van der Waals surface area (Å²) in [6, 6.07) is 15.6. The van der Waals surface area contributed by atoms with Crippen molar-refractivity contribution < 1.29 is 17.9 Å². The molecular weight excluding hydrogens is 377 g/mol. The second-order valence-electron chi connectivity index (χ2n) is 6.24. The first-order valence-corrected chi connectivity index (χ1v) is 8.72. The number of amidine groups is 1. The number of nitrogens with zero attached hydrogens (tertiary/aromatic N) is 1. The van der Waals surface area contributed by atoms with E-state index in [-0.39, 0.29) is 24.2 Å². The summed E-state index contributed by atoms with van der Waals surface area (Å²) in [4.78, 5) is 4.61. The molecular formula is C20H22ClF3N2O. The van der Waals surface area contributed by atoms with Crippen molar-refractivity contribution in [2.75, 3.05) is 6.54 Å². The summed E-state index contributed by atoms with van der Waals surface area (Å²) in [5, 5.41) is 3.48. The molecule has 1 unspecified atom stereocenters. The van der Waals surface area contributed by atoms with Gasteiger partial charge in [-0.05, 0) is 36.1 Å². The monoisotopic (exact) mass is 398 g/mol. The Hall–Kier alpha value is -2.21. The number of alkyl halides is 3. The van der Waals surface area contributed by atoms with Gasteiger partial charge in [0, 0.05) is 13.0 Å². The minimum Gasteiger partial charge on any atom is -0.406 e. The van der Waals surface area contributed by atoms with Gasteiger partial charge in [0.25, 0.3) is 0 Å². The van der Waals surface area contributed by atoms with Gasteiger partial charge in [-0.2, -0.15) is 0 Å². The Kier molecular flexibility index (Phi) is 7.54. The van der Waals surface area contributed by atoms with Crippen molar-refractivity contribution in [2.24, 2.45) is 4.99 Å². The molecule has 1 aliphatic heterocycles. The molecule has 0 saturated carbocycles. The number of nitrogens with one attached hydrogen (secondary N) is 1. The SMILES string of the molecule is Cl.FC(F)(F)Oc1ccc(C(NC2=NCCCCC2)c2ccccc2)cc1. The Morgan fingerprint density at radius 2 is 1.56 bits per heavy atom. The standard InChI is InChI=1S/C20H21F3N2O.ClH/c21-20(22,23)26-17-12-10-16(11-13-17)19(15-7-3-1-4-8-15)25-18-9-5-2-6-14-24-18;/h1,3-4,7-8,10-13,19H,2,5-6,9,14H2,(H,24,25);1H. The smallest absolute Gasteiger partial charge is 0.406 e. The Labute approximate surface area is 163 Å². The molecule has 27 heavy (non-hydrogen) atoms. The number of benzene rings is 2. The quantitative estimate of drug-likeness (QED) is 0.721. The Morgan fingerprint density at radius 3 is 2.22 bits per heavy atom. The Balaban J connectivity index is 0.00000261. The van der Waals surface area contributed by atoms with Gasteiger partial charge in [0.05, 0.1) is 11.9 Å². The number of rotatable bonds is 4. The number of hydrogen-bond acceptors (Lipinski definition) is 3. The summed E-state index contributed by atoms with van der Waals surface area (Å²) in [5.41, 5.74) is 1.89. The van der Waals surface area contributed by atoms with Crippen molar-refractivity contribution in [3.8, 4) is 5.75 Å². The van der Waals surface area contributed by atoms with Crippen molar-refractivity contribution in [2.45, 2.75) is 38.1 Å². The molecule has 0 spiro atoms. The lowest BCUT2D eigenvalue weighted by Gasteiger charge is -2.22. The van der Waals surface area contributed by atoms with Crippen LogP contribution >= 0.6 is 12.4 Å². The van der Waals surface area contributed by atoms with Gasteiger partial charge in [0.1, 0.15) is 5.75 Å². The number of halogens is 4. The maximum atomic E-state index is 12.4. The molecule has 1 atom stereocenters. The molecule has 3 rings (SSSR count). The average molecular weight is 399 g/mol. The lowest BCUT2D eigenvalue weighted by molar-refractivity contribution is -0.274. The molecule has 2 aromatic rings. The molecule has 1 aliphatic rings. The molecule has 2 aromatic carbocycles. The van der Waals surface area contributed by atoms with Gasteiger partial charge in [-0.3, -0.25) is 4.99 Å². The molecule has 3 nitrogen and oxygen atoms in total. The predicted octanol–water partition coefficient (Wildman–Crippen LogP) is 5.66. The Morgan fingerprint density at radius 1 is 0.889 bits per heavy atom. The summed E-state index contributed by atoms with van der Waals surface area (Å²) >= 11 is 0. The third-order valence-corrected chi connectivity index (χ3v) is 4.27. The van der Waals surface area contributed by atoms with Crippen molar-refractivity contribution in [1.82, 2.24) is 5.32 Å². The van der Waals surface area contributed by atoms with E-state index in [2.05, 4.69) is 15.0 Å². The highest BCUT2D eigenvalue weighted by atomic mass is 35.5. The summed E-state index contributed by atoms with van der Waals surface area (Å²) < 4.78 is 41.1. The minimum atomic E-state index is -4.69. The van der Waals surface area contributed by atoms with Crippen molar-refractivity contribution in [3.63, 3.8) is 0 Å². The first-order valence-electron chi connectivity index (χ1n) is 8.72. The first-order chi connectivity index (χ1) is 12.5. The molecule has 0 bridgehead atoms. The van der Waals surface area contributed by atoms with Gasteiger partial charge in [0.15, 0.2) is 0 Å². The fourth-order valence-electron chi connectivity index (χ4n) is 3.03. The van der Waals surface area contributed by atoms with E-state index in [4.69, 9.17) is 0 Å². The van der Waals surface area contributed by atoms with E-state index in [1.54, 1.807) is 12.1 Å². The molecule has 0 radical (unpaired) electrons. The van der Waals surface area contributed by atoms with Gasteiger partial charge in [0.2, 0.25) is 0 Å². The van der Waals surface area contributed by atoms with Gasteiger partial charge in [-0.15, -0.1) is 25.6 Å². The van der Waals surface area contributed by atoms with Crippen LogP contribution in [0.3, 0.4) is 0 Å². The summed E-state index contributed by atoms with van der Waals surface area (Å²) in [6.07, 6.45) is -0.462. The predicted molar refractivity (Wildman–Crippen MR) is 103 cm³/mol. The molecule has 7 heteroatoms. The summed E-state index contributed by atoms with van der Waals surface area (Å²) in [6.45, 7) is 0.808. The van der Waals surface area contributed by atoms with E-state index in [1.807, 2.05) is 30.3 Å². The molecule has 0 saturated heterocycles. The van der Waals surface area contributed by atoms with Crippen LogP contribution in [0, 0.1) is 0 Å². The third kappa shape index (κ3) is 6.47. The number of ether oxygens (including phenoxy) is 1. The molecule has 146 valence electrons. The van der Waals surface area contributed by atoms with Crippen LogP contribution in [0.25, 0.3) is 0 Å². The fraction of sp³-hybridized carbons (Fsp3) is 0.350. The van der Waals surface area contributed by atoms with E-state index in [0.29, 0.717) is 0 Å². The highest BCUT2D eigenvalue weighted by Gasteiger charge is 2.31. The first kappa shape index (κ1) is 21.1. The lowest BCUT2D eigenvalue weighted by Crippen LogP contribution is -2.29. The second-order valence-corrected chi connectivity index (χ2v) is 6.24. The van der Waals surface area contributed by atoms with Crippen LogP contribution in [-0.2, 0) is 0 Å². The zero-order chi connectivity index (χ0) is 18.4. The highest BCUT2D eigenvalue weighted by Crippen LogP contribution is 2.27. The third-order valence-electron chi connectivity index (χ3n) is 4.27. The zero-order valence-corrected chi connectivity index (χ0v) is 15.5. The normalized spacial score (nSPS) is 15.7. The van der Waals surface area contributed by atoms with Crippen LogP contribution < -0.4 is 10.1 Å². The van der Waals surface area contributed by atoms with Gasteiger partial charge >= 0.3 is 6.36 Å². The van der Waals surface area contributed by atoms with Crippen LogP contribution in [0.5, 0.6) is 5.75 Å². The zero-order valence-electron chi connectivity index (χ0n) is 14.7. The lowest BCUT2D eigenvalue weighted by atomic mass is 9.98. The van der Waals surface area contributed by atoms with Crippen LogP contribution in [0.15, 0.2) is 59.6 Å². The van der Waals surface area contributed by atoms with Gasteiger partial charge < -0.3 is 10.1 Å². The maximum absolute atomic E-state index is 12.4. The fourth-order valence-corrected chi connectivity index (χ4v) is 3.03. The van der Waals surface area contributed by atoms with Gasteiger partial charge in [-0.1, -0.05) is 48.9 Å². The molecule has 0 fully saturated rings. The second kappa shape index (κ2) is 9.65. The molecule has 1 N–H and O–H groups in total. The molecule has 1 heterocycles. The largest absolute Gasteiger partial charge is 0.573 e. The topological polar surface area (TPSA) is 33.6 Å². The van der Waals surface area contributed by atoms with E-state index >= 15 is 0 Å². The molecule has 0 aliphatic carbocycles. The van der Waals surface area contributed by atoms with Crippen LogP contribution in [0.2, 0.25) is 0 Å². The summed E-state index contributed by atoms with van der Waals surface area (Å²) in [7, 11) is 0. The Bertz CT molecular complexity index is 733. The average Bonchev–Trinajstić information content (AvgIpc) is 2.89. The van der Waals surface area contributed by atoms with E-state index < -0.39 is 6.36 Å². The van der Waals surface area contributed by atoms with Gasteiger partial charge in [-0.25, -0.2) is 0 Å². The van der Waals surface area contributed by atoms with Crippen LogP contribution in [0.1, 0.15) is 42.9 Å². The maximum Gasteiger partial charge on any atom is 0.573 e. The molecule has 0 aromatic heterocycles. The summed E-state index contributed by atoms with van der Waals surface area (Å²) in [5.74, 6) is 0.729.